The Balaban J connectivity index is 3.12. The molecule has 0 amide bonds. The lowest BCUT2D eigenvalue weighted by Gasteiger charge is -1.99. The van der Waals surface area contributed by atoms with E-state index in [1.165, 1.54) is 0 Å². The molecule has 6 nitrogen and oxygen atoms in total. The standard InChI is InChI=1S/C8H20N6S/c9-7(10)13-3-1-5-15-6-2-4-14-8(11)12/h1-6H2,(H4,9,10,13)(H4,11,12,14). The number of aliphatic imine (C=N–C) groups is 2. The molecule has 0 aliphatic rings. The fourth-order valence-electron chi connectivity index (χ4n) is 0.852. The summed E-state index contributed by atoms with van der Waals surface area (Å²) in [6.45, 7) is 1.40. The van der Waals surface area contributed by atoms with Crippen molar-refractivity contribution in [3.05, 3.63) is 0 Å². The molecule has 0 aromatic carbocycles. The maximum atomic E-state index is 5.18. The van der Waals surface area contributed by atoms with E-state index in [1.807, 2.05) is 11.8 Å². The van der Waals surface area contributed by atoms with E-state index in [9.17, 15) is 0 Å². The van der Waals surface area contributed by atoms with Gasteiger partial charge in [0.2, 0.25) is 0 Å². The van der Waals surface area contributed by atoms with Gasteiger partial charge in [0.15, 0.2) is 11.9 Å². The third kappa shape index (κ3) is 12.9. The van der Waals surface area contributed by atoms with Crippen molar-refractivity contribution in [3.63, 3.8) is 0 Å². The lowest BCUT2D eigenvalue weighted by atomic mass is 10.5. The summed E-state index contributed by atoms with van der Waals surface area (Å²) in [6, 6.07) is 0. The molecule has 0 aliphatic heterocycles. The van der Waals surface area contributed by atoms with Crippen molar-refractivity contribution >= 4 is 23.7 Å². The van der Waals surface area contributed by atoms with Crippen LogP contribution in [0, 0.1) is 0 Å². The van der Waals surface area contributed by atoms with E-state index in [0.717, 1.165) is 24.3 Å². The lowest BCUT2D eigenvalue weighted by Crippen LogP contribution is -2.23. The molecule has 0 aromatic heterocycles. The predicted molar refractivity (Wildman–Crippen MR) is 67.9 cm³/mol. The van der Waals surface area contributed by atoms with Crippen molar-refractivity contribution in [1.82, 2.24) is 0 Å². The maximum Gasteiger partial charge on any atom is 0.185 e. The molecule has 0 spiro atoms. The summed E-state index contributed by atoms with van der Waals surface area (Å²) in [5, 5.41) is 0. The van der Waals surface area contributed by atoms with Crippen LogP contribution in [0.5, 0.6) is 0 Å². The van der Waals surface area contributed by atoms with Crippen LogP contribution in [-0.2, 0) is 0 Å². The minimum Gasteiger partial charge on any atom is -0.370 e. The fraction of sp³-hybridized carbons (Fsp3) is 0.750. The van der Waals surface area contributed by atoms with Crippen molar-refractivity contribution < 1.29 is 0 Å². The largest absolute Gasteiger partial charge is 0.370 e. The number of rotatable bonds is 8. The molecular weight excluding hydrogens is 212 g/mol. The van der Waals surface area contributed by atoms with Gasteiger partial charge >= 0.3 is 0 Å². The van der Waals surface area contributed by atoms with Gasteiger partial charge in [-0.05, 0) is 24.3 Å². The van der Waals surface area contributed by atoms with E-state index in [0.29, 0.717) is 13.1 Å². The van der Waals surface area contributed by atoms with E-state index in [4.69, 9.17) is 22.9 Å². The summed E-state index contributed by atoms with van der Waals surface area (Å²) in [6.07, 6.45) is 1.98. The van der Waals surface area contributed by atoms with Crippen LogP contribution in [-0.4, -0.2) is 36.5 Å². The smallest absolute Gasteiger partial charge is 0.185 e. The van der Waals surface area contributed by atoms with Gasteiger partial charge in [-0.15, -0.1) is 0 Å². The topological polar surface area (TPSA) is 129 Å². The summed E-state index contributed by atoms with van der Waals surface area (Å²) in [5.41, 5.74) is 20.7. The first-order chi connectivity index (χ1) is 7.13. The van der Waals surface area contributed by atoms with Gasteiger partial charge in [0.25, 0.3) is 0 Å². The minimum absolute atomic E-state index is 0.160. The quantitative estimate of drug-likeness (QED) is 0.243. The Hall–Kier alpha value is -1.11. The second kappa shape index (κ2) is 9.45. The van der Waals surface area contributed by atoms with E-state index in [1.54, 1.807) is 0 Å². The Morgan fingerprint density at radius 1 is 0.800 bits per heavy atom. The van der Waals surface area contributed by atoms with Crippen LogP contribution >= 0.6 is 11.8 Å². The Kier molecular flexibility index (Phi) is 8.75. The monoisotopic (exact) mass is 232 g/mol. The average molecular weight is 232 g/mol. The van der Waals surface area contributed by atoms with Crippen LogP contribution in [0.1, 0.15) is 12.8 Å². The predicted octanol–water partition coefficient (Wildman–Crippen LogP) is -0.953. The van der Waals surface area contributed by atoms with Crippen LogP contribution < -0.4 is 22.9 Å². The molecule has 0 unspecified atom stereocenters. The highest BCUT2D eigenvalue weighted by atomic mass is 32.2. The van der Waals surface area contributed by atoms with Crippen molar-refractivity contribution in [2.24, 2.45) is 32.9 Å². The summed E-state index contributed by atoms with van der Waals surface area (Å²) >= 11 is 1.85. The first-order valence-corrected chi connectivity index (χ1v) is 5.97. The molecule has 0 aromatic rings. The minimum atomic E-state index is 0.160. The average Bonchev–Trinajstić information content (AvgIpc) is 2.14. The van der Waals surface area contributed by atoms with E-state index >= 15 is 0 Å². The van der Waals surface area contributed by atoms with Crippen LogP contribution in [0.2, 0.25) is 0 Å². The SMILES string of the molecule is NC(N)=NCCCSCCCN=C(N)N. The molecule has 0 heterocycles. The third-order valence-corrected chi connectivity index (χ3v) is 2.64. The van der Waals surface area contributed by atoms with Gasteiger partial charge in [-0.25, -0.2) is 0 Å². The molecule has 15 heavy (non-hydrogen) atoms. The normalized spacial score (nSPS) is 9.60. The van der Waals surface area contributed by atoms with E-state index in [-0.39, 0.29) is 11.9 Å². The molecule has 0 atom stereocenters. The molecule has 0 aliphatic carbocycles. The van der Waals surface area contributed by atoms with Crippen molar-refractivity contribution in [3.8, 4) is 0 Å². The van der Waals surface area contributed by atoms with Gasteiger partial charge in [-0.1, -0.05) is 0 Å². The van der Waals surface area contributed by atoms with E-state index < -0.39 is 0 Å². The molecule has 0 radical (unpaired) electrons. The Bertz CT molecular complexity index is 185. The summed E-state index contributed by atoms with van der Waals surface area (Å²) in [4.78, 5) is 7.77. The number of hydrogen-bond acceptors (Lipinski definition) is 3. The first kappa shape index (κ1) is 13.9. The number of thioether (sulfide) groups is 1. The van der Waals surface area contributed by atoms with Crippen molar-refractivity contribution in [2.75, 3.05) is 24.6 Å². The molecule has 0 saturated heterocycles. The van der Waals surface area contributed by atoms with Crippen LogP contribution in [0.25, 0.3) is 0 Å². The number of guanidine groups is 2. The van der Waals surface area contributed by atoms with Crippen LogP contribution in [0.15, 0.2) is 9.98 Å². The third-order valence-electron chi connectivity index (χ3n) is 1.48. The summed E-state index contributed by atoms with van der Waals surface area (Å²) in [5.74, 6) is 2.43. The van der Waals surface area contributed by atoms with Crippen molar-refractivity contribution in [1.29, 1.82) is 0 Å². The molecule has 7 heteroatoms. The Morgan fingerprint density at radius 2 is 1.20 bits per heavy atom. The highest BCUT2D eigenvalue weighted by Crippen LogP contribution is 2.04. The van der Waals surface area contributed by atoms with Gasteiger partial charge in [0, 0.05) is 13.1 Å². The number of nitrogens with two attached hydrogens (primary N) is 4. The Morgan fingerprint density at radius 3 is 1.53 bits per heavy atom. The number of hydrogen-bond donors (Lipinski definition) is 4. The highest BCUT2D eigenvalue weighted by Gasteiger charge is 1.90. The van der Waals surface area contributed by atoms with Crippen LogP contribution in [0.3, 0.4) is 0 Å². The fourth-order valence-corrected chi connectivity index (χ4v) is 1.72. The first-order valence-electron chi connectivity index (χ1n) is 4.81. The molecule has 8 N–H and O–H groups in total. The number of nitrogens with zero attached hydrogens (tertiary/aromatic N) is 2. The molecule has 0 rings (SSSR count). The van der Waals surface area contributed by atoms with Gasteiger partial charge < -0.3 is 22.9 Å². The maximum absolute atomic E-state index is 5.18. The van der Waals surface area contributed by atoms with Gasteiger partial charge in [0.1, 0.15) is 0 Å². The van der Waals surface area contributed by atoms with Gasteiger partial charge in [-0.3, -0.25) is 9.98 Å². The summed E-state index contributed by atoms with van der Waals surface area (Å²) < 4.78 is 0. The molecule has 0 fully saturated rings. The Labute approximate surface area is 94.6 Å². The van der Waals surface area contributed by atoms with Gasteiger partial charge in [0.05, 0.1) is 0 Å². The van der Waals surface area contributed by atoms with E-state index in [2.05, 4.69) is 9.98 Å². The zero-order valence-corrected chi connectivity index (χ0v) is 9.67. The van der Waals surface area contributed by atoms with Gasteiger partial charge in [-0.2, -0.15) is 11.8 Å². The zero-order chi connectivity index (χ0) is 11.5. The molecule has 0 saturated carbocycles. The highest BCUT2D eigenvalue weighted by molar-refractivity contribution is 7.99. The summed E-state index contributed by atoms with van der Waals surface area (Å²) in [7, 11) is 0. The molecule has 0 bridgehead atoms. The zero-order valence-electron chi connectivity index (χ0n) is 8.85. The lowest BCUT2D eigenvalue weighted by molar-refractivity contribution is 0.920. The van der Waals surface area contributed by atoms with Crippen LogP contribution in [0.4, 0.5) is 0 Å². The molecular formula is C8H20N6S. The second-order valence-electron chi connectivity index (χ2n) is 2.93. The second-order valence-corrected chi connectivity index (χ2v) is 4.16. The van der Waals surface area contributed by atoms with Crippen molar-refractivity contribution in [2.45, 2.75) is 12.8 Å². The molecule has 88 valence electrons.